The van der Waals surface area contributed by atoms with Crippen molar-refractivity contribution in [2.45, 2.75) is 46.1 Å². The van der Waals surface area contributed by atoms with Gasteiger partial charge in [0, 0.05) is 11.7 Å². The molecule has 1 nitrogen and oxygen atoms in total. The van der Waals surface area contributed by atoms with Gasteiger partial charge >= 0.3 is 0 Å². The Morgan fingerprint density at radius 1 is 1.18 bits per heavy atom. The van der Waals surface area contributed by atoms with Crippen LogP contribution in [0.15, 0.2) is 18.2 Å². The third-order valence-electron chi connectivity index (χ3n) is 4.13. The van der Waals surface area contributed by atoms with Crippen molar-refractivity contribution < 1.29 is 4.39 Å². The lowest BCUT2D eigenvalue weighted by Crippen LogP contribution is -2.30. The molecule has 17 heavy (non-hydrogen) atoms. The van der Waals surface area contributed by atoms with E-state index in [9.17, 15) is 4.39 Å². The number of hydrogen-bond donors (Lipinski definition) is 1. The number of nitrogens with one attached hydrogen (secondary N) is 1. The molecule has 2 rings (SSSR count). The SMILES string of the molecule is Cc1cc(NC2CCC(C)C(C)C2)ccc1F. The molecule has 0 saturated heterocycles. The Bertz CT molecular complexity index is 389. The van der Waals surface area contributed by atoms with Crippen LogP contribution in [-0.4, -0.2) is 6.04 Å². The first-order chi connectivity index (χ1) is 8.06. The van der Waals surface area contributed by atoms with E-state index in [1.165, 1.54) is 19.3 Å². The fourth-order valence-corrected chi connectivity index (χ4v) is 2.65. The van der Waals surface area contributed by atoms with Crippen molar-refractivity contribution in [2.75, 3.05) is 5.32 Å². The highest BCUT2D eigenvalue weighted by Gasteiger charge is 2.24. The van der Waals surface area contributed by atoms with Gasteiger partial charge in [0.2, 0.25) is 0 Å². The van der Waals surface area contributed by atoms with E-state index in [-0.39, 0.29) is 5.82 Å². The summed E-state index contributed by atoms with van der Waals surface area (Å²) in [7, 11) is 0. The van der Waals surface area contributed by atoms with E-state index >= 15 is 0 Å². The molecular formula is C15H22FN. The van der Waals surface area contributed by atoms with Crippen molar-refractivity contribution in [3.05, 3.63) is 29.6 Å². The molecular weight excluding hydrogens is 213 g/mol. The lowest BCUT2D eigenvalue weighted by molar-refractivity contribution is 0.261. The molecule has 3 unspecified atom stereocenters. The van der Waals surface area contributed by atoms with Gasteiger partial charge in [0.25, 0.3) is 0 Å². The van der Waals surface area contributed by atoms with Crippen LogP contribution in [0.2, 0.25) is 0 Å². The van der Waals surface area contributed by atoms with Crippen molar-refractivity contribution in [3.63, 3.8) is 0 Å². The summed E-state index contributed by atoms with van der Waals surface area (Å²) in [6.07, 6.45) is 3.73. The second-order valence-electron chi connectivity index (χ2n) is 5.57. The zero-order valence-corrected chi connectivity index (χ0v) is 11.0. The Labute approximate surface area is 103 Å². The summed E-state index contributed by atoms with van der Waals surface area (Å²) in [5.74, 6) is 1.49. The third kappa shape index (κ3) is 2.99. The number of aryl methyl sites for hydroxylation is 1. The molecule has 0 heterocycles. The van der Waals surface area contributed by atoms with E-state index in [1.807, 2.05) is 19.1 Å². The summed E-state index contributed by atoms with van der Waals surface area (Å²) in [6, 6.07) is 5.83. The van der Waals surface area contributed by atoms with Gasteiger partial charge < -0.3 is 5.32 Å². The van der Waals surface area contributed by atoms with Crippen LogP contribution < -0.4 is 5.32 Å². The van der Waals surface area contributed by atoms with Gasteiger partial charge in [0.1, 0.15) is 5.82 Å². The van der Waals surface area contributed by atoms with E-state index in [4.69, 9.17) is 0 Å². The Balaban J connectivity index is 1.99. The average Bonchev–Trinajstić information content (AvgIpc) is 2.29. The second kappa shape index (κ2) is 5.07. The smallest absolute Gasteiger partial charge is 0.126 e. The maximum atomic E-state index is 13.2. The highest BCUT2D eigenvalue weighted by molar-refractivity contribution is 5.46. The Morgan fingerprint density at radius 2 is 1.94 bits per heavy atom. The fraction of sp³-hybridized carbons (Fsp3) is 0.600. The van der Waals surface area contributed by atoms with Crippen molar-refractivity contribution in [1.82, 2.24) is 0 Å². The Hall–Kier alpha value is -1.05. The number of rotatable bonds is 2. The van der Waals surface area contributed by atoms with Crippen LogP contribution in [0.5, 0.6) is 0 Å². The zero-order valence-electron chi connectivity index (χ0n) is 11.0. The van der Waals surface area contributed by atoms with Crippen LogP contribution in [-0.2, 0) is 0 Å². The first-order valence-corrected chi connectivity index (χ1v) is 6.59. The normalized spacial score (nSPS) is 29.1. The quantitative estimate of drug-likeness (QED) is 0.802. The standard InChI is InChI=1S/C15H22FN/c1-10-4-5-13(8-11(10)2)17-14-6-7-15(16)12(3)9-14/h6-7,9-11,13,17H,4-5,8H2,1-3H3. The highest BCUT2D eigenvalue weighted by atomic mass is 19.1. The molecule has 0 aromatic heterocycles. The van der Waals surface area contributed by atoms with E-state index < -0.39 is 0 Å². The summed E-state index contributed by atoms with van der Waals surface area (Å²) in [6.45, 7) is 6.48. The lowest BCUT2D eigenvalue weighted by Gasteiger charge is -2.33. The molecule has 1 saturated carbocycles. The summed E-state index contributed by atoms with van der Waals surface area (Å²) in [5, 5.41) is 3.53. The van der Waals surface area contributed by atoms with Crippen molar-refractivity contribution in [3.8, 4) is 0 Å². The molecule has 1 fully saturated rings. The summed E-state index contributed by atoms with van der Waals surface area (Å²) < 4.78 is 13.2. The number of hydrogen-bond acceptors (Lipinski definition) is 1. The largest absolute Gasteiger partial charge is 0.382 e. The molecule has 1 N–H and O–H groups in total. The minimum absolute atomic E-state index is 0.124. The topological polar surface area (TPSA) is 12.0 Å². The molecule has 0 radical (unpaired) electrons. The first kappa shape index (κ1) is 12.4. The number of anilines is 1. The van der Waals surface area contributed by atoms with Crippen molar-refractivity contribution in [2.24, 2.45) is 11.8 Å². The lowest BCUT2D eigenvalue weighted by atomic mass is 9.79. The number of benzene rings is 1. The van der Waals surface area contributed by atoms with Crippen LogP contribution in [0.3, 0.4) is 0 Å². The second-order valence-corrected chi connectivity index (χ2v) is 5.57. The van der Waals surface area contributed by atoms with Gasteiger partial charge in [-0.2, -0.15) is 0 Å². The van der Waals surface area contributed by atoms with Gasteiger partial charge in [-0.3, -0.25) is 0 Å². The minimum Gasteiger partial charge on any atom is -0.382 e. The molecule has 3 atom stereocenters. The fourth-order valence-electron chi connectivity index (χ4n) is 2.65. The van der Waals surface area contributed by atoms with Gasteiger partial charge in [-0.15, -0.1) is 0 Å². The van der Waals surface area contributed by atoms with Crippen molar-refractivity contribution in [1.29, 1.82) is 0 Å². The average molecular weight is 235 g/mol. The Kier molecular flexibility index (Phi) is 3.70. The summed E-state index contributed by atoms with van der Waals surface area (Å²) >= 11 is 0. The molecule has 2 heteroatoms. The van der Waals surface area contributed by atoms with Gasteiger partial charge in [-0.05, 0) is 61.8 Å². The summed E-state index contributed by atoms with van der Waals surface area (Å²) in [5.41, 5.74) is 1.77. The maximum absolute atomic E-state index is 13.2. The Morgan fingerprint density at radius 3 is 2.59 bits per heavy atom. The van der Waals surface area contributed by atoms with E-state index in [0.717, 1.165) is 17.5 Å². The molecule has 0 bridgehead atoms. The molecule has 0 spiro atoms. The predicted molar refractivity (Wildman–Crippen MR) is 70.7 cm³/mol. The summed E-state index contributed by atoms with van der Waals surface area (Å²) in [4.78, 5) is 0. The van der Waals surface area contributed by atoms with Gasteiger partial charge in [0.05, 0.1) is 0 Å². The van der Waals surface area contributed by atoms with E-state index in [0.29, 0.717) is 11.6 Å². The monoisotopic (exact) mass is 235 g/mol. The minimum atomic E-state index is -0.124. The van der Waals surface area contributed by atoms with Gasteiger partial charge in [-0.1, -0.05) is 13.8 Å². The molecule has 1 aliphatic rings. The van der Waals surface area contributed by atoms with Crippen LogP contribution in [0.1, 0.15) is 38.7 Å². The van der Waals surface area contributed by atoms with Crippen LogP contribution in [0.4, 0.5) is 10.1 Å². The molecule has 0 aliphatic heterocycles. The molecule has 1 aromatic carbocycles. The van der Waals surface area contributed by atoms with E-state index in [1.54, 1.807) is 6.07 Å². The molecule has 1 aromatic rings. The molecule has 0 amide bonds. The van der Waals surface area contributed by atoms with Gasteiger partial charge in [-0.25, -0.2) is 4.39 Å². The predicted octanol–water partition coefficient (Wildman–Crippen LogP) is 4.37. The van der Waals surface area contributed by atoms with Crippen LogP contribution in [0.25, 0.3) is 0 Å². The maximum Gasteiger partial charge on any atom is 0.126 e. The van der Waals surface area contributed by atoms with Crippen LogP contribution in [0, 0.1) is 24.6 Å². The van der Waals surface area contributed by atoms with Gasteiger partial charge in [0.15, 0.2) is 0 Å². The van der Waals surface area contributed by atoms with Crippen molar-refractivity contribution >= 4 is 5.69 Å². The molecule has 94 valence electrons. The highest BCUT2D eigenvalue weighted by Crippen LogP contribution is 2.31. The number of halogens is 1. The molecule has 1 aliphatic carbocycles. The first-order valence-electron chi connectivity index (χ1n) is 6.59. The zero-order chi connectivity index (χ0) is 12.4. The van der Waals surface area contributed by atoms with Crippen LogP contribution >= 0.6 is 0 Å². The van der Waals surface area contributed by atoms with E-state index in [2.05, 4.69) is 19.2 Å². The third-order valence-corrected chi connectivity index (χ3v) is 4.13.